The molecule has 2 aromatic rings. The molecule has 0 aliphatic heterocycles. The smallest absolute Gasteiger partial charge is 0.128 e. The summed E-state index contributed by atoms with van der Waals surface area (Å²) < 4.78 is 14.4. The SMILES string of the molecule is CN(Cc1ccccc1F)c1ccncc1Br. The van der Waals surface area contributed by atoms with Crippen LogP contribution in [0.5, 0.6) is 0 Å². The number of hydrogen-bond acceptors (Lipinski definition) is 2. The van der Waals surface area contributed by atoms with Gasteiger partial charge < -0.3 is 4.90 Å². The largest absolute Gasteiger partial charge is 0.369 e. The Bertz CT molecular complexity index is 516. The van der Waals surface area contributed by atoms with E-state index in [4.69, 9.17) is 0 Å². The van der Waals surface area contributed by atoms with E-state index in [1.807, 2.05) is 24.1 Å². The minimum Gasteiger partial charge on any atom is -0.369 e. The number of halogens is 2. The van der Waals surface area contributed by atoms with Gasteiger partial charge in [0.25, 0.3) is 0 Å². The van der Waals surface area contributed by atoms with E-state index in [1.165, 1.54) is 6.07 Å². The van der Waals surface area contributed by atoms with E-state index < -0.39 is 0 Å². The molecule has 1 aromatic carbocycles. The molecule has 0 aliphatic rings. The molecule has 88 valence electrons. The Labute approximate surface area is 108 Å². The fourth-order valence-corrected chi connectivity index (χ4v) is 2.20. The van der Waals surface area contributed by atoms with Gasteiger partial charge in [-0.3, -0.25) is 4.98 Å². The summed E-state index contributed by atoms with van der Waals surface area (Å²) in [4.78, 5) is 5.98. The molecule has 0 fully saturated rings. The fourth-order valence-electron chi connectivity index (χ4n) is 1.64. The van der Waals surface area contributed by atoms with E-state index in [9.17, 15) is 4.39 Å². The van der Waals surface area contributed by atoms with E-state index >= 15 is 0 Å². The summed E-state index contributed by atoms with van der Waals surface area (Å²) in [6.45, 7) is 0.523. The van der Waals surface area contributed by atoms with Crippen molar-refractivity contribution in [2.75, 3.05) is 11.9 Å². The fraction of sp³-hybridized carbons (Fsp3) is 0.154. The lowest BCUT2D eigenvalue weighted by Crippen LogP contribution is -2.17. The average Bonchev–Trinajstić information content (AvgIpc) is 2.32. The Morgan fingerprint density at radius 3 is 2.76 bits per heavy atom. The van der Waals surface area contributed by atoms with E-state index in [0.717, 1.165) is 10.2 Å². The van der Waals surface area contributed by atoms with Crippen molar-refractivity contribution >= 4 is 21.6 Å². The zero-order chi connectivity index (χ0) is 12.3. The molecule has 0 saturated carbocycles. The predicted octanol–water partition coefficient (Wildman–Crippen LogP) is 3.62. The molecule has 0 aliphatic carbocycles. The Morgan fingerprint density at radius 1 is 1.29 bits per heavy atom. The second-order valence-electron chi connectivity index (χ2n) is 3.77. The second kappa shape index (κ2) is 5.27. The van der Waals surface area contributed by atoms with Gasteiger partial charge in [-0.05, 0) is 28.1 Å². The number of benzene rings is 1. The standard InChI is InChI=1S/C13H12BrFN2/c1-17(13-6-7-16-8-11(13)14)9-10-4-2-3-5-12(10)15/h2-8H,9H2,1H3. The number of rotatable bonds is 3. The molecule has 4 heteroatoms. The summed E-state index contributed by atoms with van der Waals surface area (Å²) in [5, 5.41) is 0. The lowest BCUT2D eigenvalue weighted by molar-refractivity contribution is 0.608. The zero-order valence-electron chi connectivity index (χ0n) is 9.40. The van der Waals surface area contributed by atoms with Crippen molar-refractivity contribution in [2.24, 2.45) is 0 Å². The third-order valence-corrected chi connectivity index (χ3v) is 3.14. The van der Waals surface area contributed by atoms with Crippen molar-refractivity contribution in [1.82, 2.24) is 4.98 Å². The van der Waals surface area contributed by atoms with Crippen LogP contribution in [0.25, 0.3) is 0 Å². The van der Waals surface area contributed by atoms with Gasteiger partial charge in [0, 0.05) is 31.5 Å². The van der Waals surface area contributed by atoms with Crippen LogP contribution in [0.1, 0.15) is 5.56 Å². The van der Waals surface area contributed by atoms with E-state index in [1.54, 1.807) is 24.5 Å². The Kier molecular flexibility index (Phi) is 3.74. The van der Waals surface area contributed by atoms with Crippen LogP contribution in [0.15, 0.2) is 47.2 Å². The first-order valence-electron chi connectivity index (χ1n) is 5.22. The minimum atomic E-state index is -0.176. The van der Waals surface area contributed by atoms with Crippen molar-refractivity contribution < 1.29 is 4.39 Å². The van der Waals surface area contributed by atoms with Gasteiger partial charge in [0.1, 0.15) is 5.82 Å². The van der Waals surface area contributed by atoms with Crippen LogP contribution in [0.3, 0.4) is 0 Å². The average molecular weight is 295 g/mol. The molecular weight excluding hydrogens is 283 g/mol. The normalized spacial score (nSPS) is 10.3. The van der Waals surface area contributed by atoms with Gasteiger partial charge in [0.05, 0.1) is 10.2 Å². The van der Waals surface area contributed by atoms with Crippen molar-refractivity contribution in [1.29, 1.82) is 0 Å². The molecule has 0 radical (unpaired) electrons. The quantitative estimate of drug-likeness (QED) is 0.859. The maximum Gasteiger partial charge on any atom is 0.128 e. The molecule has 0 amide bonds. The first-order chi connectivity index (χ1) is 8.18. The molecule has 2 nitrogen and oxygen atoms in total. The monoisotopic (exact) mass is 294 g/mol. The van der Waals surface area contributed by atoms with Gasteiger partial charge in [-0.15, -0.1) is 0 Å². The van der Waals surface area contributed by atoms with Crippen molar-refractivity contribution in [2.45, 2.75) is 6.54 Å². The zero-order valence-corrected chi connectivity index (χ0v) is 11.0. The Hall–Kier alpha value is -1.42. The highest BCUT2D eigenvalue weighted by atomic mass is 79.9. The highest BCUT2D eigenvalue weighted by Crippen LogP contribution is 2.25. The van der Waals surface area contributed by atoms with Crippen LogP contribution < -0.4 is 4.90 Å². The van der Waals surface area contributed by atoms with Gasteiger partial charge in [-0.25, -0.2) is 4.39 Å². The van der Waals surface area contributed by atoms with Gasteiger partial charge in [-0.2, -0.15) is 0 Å². The molecule has 1 heterocycles. The van der Waals surface area contributed by atoms with Gasteiger partial charge >= 0.3 is 0 Å². The topological polar surface area (TPSA) is 16.1 Å². The van der Waals surface area contributed by atoms with Crippen LogP contribution in [0, 0.1) is 5.82 Å². The third kappa shape index (κ3) is 2.82. The molecule has 1 aromatic heterocycles. The van der Waals surface area contributed by atoms with Crippen molar-refractivity contribution in [3.8, 4) is 0 Å². The lowest BCUT2D eigenvalue weighted by Gasteiger charge is -2.20. The number of pyridine rings is 1. The van der Waals surface area contributed by atoms with Crippen LogP contribution in [0.2, 0.25) is 0 Å². The summed E-state index contributed by atoms with van der Waals surface area (Å²) in [6, 6.07) is 8.70. The molecular formula is C13H12BrFN2. The maximum atomic E-state index is 13.5. The summed E-state index contributed by atoms with van der Waals surface area (Å²) in [6.07, 6.45) is 3.45. The lowest BCUT2D eigenvalue weighted by atomic mass is 10.2. The van der Waals surface area contributed by atoms with Gasteiger partial charge in [0.2, 0.25) is 0 Å². The van der Waals surface area contributed by atoms with Crippen LogP contribution in [-0.2, 0) is 6.54 Å². The molecule has 0 saturated heterocycles. The van der Waals surface area contributed by atoms with E-state index in [0.29, 0.717) is 12.1 Å². The molecule has 2 rings (SSSR count). The molecule has 17 heavy (non-hydrogen) atoms. The van der Waals surface area contributed by atoms with Gasteiger partial charge in [0.15, 0.2) is 0 Å². The summed E-state index contributed by atoms with van der Waals surface area (Å²) >= 11 is 3.43. The summed E-state index contributed by atoms with van der Waals surface area (Å²) in [7, 11) is 1.92. The second-order valence-corrected chi connectivity index (χ2v) is 4.63. The maximum absolute atomic E-state index is 13.5. The first kappa shape index (κ1) is 12.0. The van der Waals surface area contributed by atoms with Crippen molar-refractivity contribution in [3.05, 3.63) is 58.6 Å². The number of nitrogens with zero attached hydrogens (tertiary/aromatic N) is 2. The Morgan fingerprint density at radius 2 is 2.06 bits per heavy atom. The molecule has 0 atom stereocenters. The molecule has 0 N–H and O–H groups in total. The number of hydrogen-bond donors (Lipinski definition) is 0. The molecule has 0 bridgehead atoms. The summed E-state index contributed by atoms with van der Waals surface area (Å²) in [5.74, 6) is -0.176. The number of anilines is 1. The molecule has 0 spiro atoms. The molecule has 0 unspecified atom stereocenters. The third-order valence-electron chi connectivity index (χ3n) is 2.53. The van der Waals surface area contributed by atoms with E-state index in [-0.39, 0.29) is 5.82 Å². The highest BCUT2D eigenvalue weighted by molar-refractivity contribution is 9.10. The predicted molar refractivity (Wildman–Crippen MR) is 70.4 cm³/mol. The number of aromatic nitrogens is 1. The van der Waals surface area contributed by atoms with Crippen molar-refractivity contribution in [3.63, 3.8) is 0 Å². The van der Waals surface area contributed by atoms with Crippen LogP contribution in [-0.4, -0.2) is 12.0 Å². The minimum absolute atomic E-state index is 0.176. The van der Waals surface area contributed by atoms with Gasteiger partial charge in [-0.1, -0.05) is 18.2 Å². The summed E-state index contributed by atoms with van der Waals surface area (Å²) in [5.41, 5.74) is 1.67. The van der Waals surface area contributed by atoms with E-state index in [2.05, 4.69) is 20.9 Å². The first-order valence-corrected chi connectivity index (χ1v) is 6.02. The Balaban J connectivity index is 2.20. The van der Waals surface area contributed by atoms with Crippen LogP contribution >= 0.6 is 15.9 Å². The highest BCUT2D eigenvalue weighted by Gasteiger charge is 2.08. The van der Waals surface area contributed by atoms with Crippen LogP contribution in [0.4, 0.5) is 10.1 Å².